The van der Waals surface area contributed by atoms with Gasteiger partial charge in [0.25, 0.3) is 11.8 Å². The van der Waals surface area contributed by atoms with Gasteiger partial charge in [-0.3, -0.25) is 9.59 Å². The number of benzene rings is 3. The number of hydrogen-bond donors (Lipinski definition) is 2. The summed E-state index contributed by atoms with van der Waals surface area (Å²) >= 11 is 11.9. The number of halogens is 2. The molecule has 3 aromatic carbocycles. The summed E-state index contributed by atoms with van der Waals surface area (Å²) in [6, 6.07) is 18.2. The van der Waals surface area contributed by atoms with Crippen LogP contribution in [0.15, 0.2) is 72.8 Å². The minimum atomic E-state index is -0.704. The van der Waals surface area contributed by atoms with E-state index in [1.807, 2.05) is 0 Å². The molecule has 0 heterocycles. The van der Waals surface area contributed by atoms with Crippen LogP contribution in [0.5, 0.6) is 5.75 Å². The second-order valence-electron chi connectivity index (χ2n) is 6.89. The van der Waals surface area contributed by atoms with Gasteiger partial charge < -0.3 is 20.1 Å². The van der Waals surface area contributed by atoms with Crippen LogP contribution in [0.3, 0.4) is 0 Å². The third-order valence-corrected chi connectivity index (χ3v) is 5.06. The first-order valence-corrected chi connectivity index (χ1v) is 10.8. The number of nitrogens with one attached hydrogen (secondary N) is 2. The third kappa shape index (κ3) is 7.10. The highest BCUT2D eigenvalue weighted by molar-refractivity contribution is 6.35. The van der Waals surface area contributed by atoms with Crippen LogP contribution in [0.1, 0.15) is 15.9 Å². The van der Waals surface area contributed by atoms with Crippen molar-refractivity contribution in [1.29, 1.82) is 0 Å². The molecule has 0 aliphatic carbocycles. The van der Waals surface area contributed by atoms with Crippen LogP contribution in [-0.4, -0.2) is 31.5 Å². The number of methoxy groups -OCH3 is 1. The molecule has 0 unspecified atom stereocenters. The van der Waals surface area contributed by atoms with Crippen molar-refractivity contribution in [2.75, 3.05) is 24.4 Å². The molecular formula is C25H20Cl2N2O5. The van der Waals surface area contributed by atoms with E-state index in [9.17, 15) is 14.4 Å². The molecule has 0 aliphatic heterocycles. The highest BCUT2D eigenvalue weighted by atomic mass is 35.5. The molecule has 0 aliphatic rings. The molecule has 0 spiro atoms. The largest absolute Gasteiger partial charge is 0.495 e. The van der Waals surface area contributed by atoms with Crippen LogP contribution >= 0.6 is 23.2 Å². The van der Waals surface area contributed by atoms with E-state index in [1.165, 1.54) is 13.2 Å². The molecule has 0 saturated carbocycles. The molecule has 0 saturated heterocycles. The minimum absolute atomic E-state index is 0.330. The Morgan fingerprint density at radius 3 is 2.38 bits per heavy atom. The molecule has 3 aromatic rings. The van der Waals surface area contributed by atoms with Gasteiger partial charge in [-0.1, -0.05) is 41.4 Å². The zero-order valence-electron chi connectivity index (χ0n) is 18.0. The second kappa shape index (κ2) is 11.9. The van der Waals surface area contributed by atoms with Gasteiger partial charge in [0.15, 0.2) is 6.61 Å². The zero-order valence-corrected chi connectivity index (χ0v) is 19.5. The van der Waals surface area contributed by atoms with E-state index in [-0.39, 0.29) is 5.91 Å². The molecule has 2 N–H and O–H groups in total. The fourth-order valence-corrected chi connectivity index (χ4v) is 3.30. The molecule has 0 radical (unpaired) electrons. The first kappa shape index (κ1) is 24.8. The lowest BCUT2D eigenvalue weighted by Gasteiger charge is -2.10. The standard InChI is InChI=1S/C25H20Cl2N2O5/c1-33-22-5-3-2-4-21(22)29-25(32)17-7-11-19(12-8-17)28-23(30)15-34-24(31)13-9-16-6-10-18(26)14-20(16)27/h2-14H,15H2,1H3,(H,28,30)(H,29,32). The third-order valence-electron chi connectivity index (χ3n) is 4.49. The van der Waals surface area contributed by atoms with Crippen LogP contribution in [0.4, 0.5) is 11.4 Å². The molecule has 7 nitrogen and oxygen atoms in total. The molecule has 9 heteroatoms. The van der Waals surface area contributed by atoms with E-state index in [4.69, 9.17) is 32.7 Å². The summed E-state index contributed by atoms with van der Waals surface area (Å²) in [6.45, 7) is -0.479. The maximum Gasteiger partial charge on any atom is 0.331 e. The SMILES string of the molecule is COc1ccccc1NC(=O)c1ccc(NC(=O)COC(=O)C=Cc2ccc(Cl)cc2Cl)cc1. The first-order chi connectivity index (χ1) is 16.4. The Morgan fingerprint density at radius 1 is 0.941 bits per heavy atom. The second-order valence-corrected chi connectivity index (χ2v) is 7.73. The van der Waals surface area contributed by atoms with Crippen molar-refractivity contribution < 1.29 is 23.9 Å². The van der Waals surface area contributed by atoms with Gasteiger partial charge in [-0.05, 0) is 60.2 Å². The molecule has 174 valence electrons. The maximum absolute atomic E-state index is 12.5. The van der Waals surface area contributed by atoms with Gasteiger partial charge in [-0.15, -0.1) is 0 Å². The van der Waals surface area contributed by atoms with Crippen LogP contribution in [0.2, 0.25) is 10.0 Å². The number of rotatable bonds is 8. The molecule has 0 fully saturated rings. The van der Waals surface area contributed by atoms with Crippen molar-refractivity contribution in [3.05, 3.63) is 94.0 Å². The van der Waals surface area contributed by atoms with E-state index in [1.54, 1.807) is 66.7 Å². The summed E-state index contributed by atoms with van der Waals surface area (Å²) < 4.78 is 10.1. The van der Waals surface area contributed by atoms with Gasteiger partial charge in [0, 0.05) is 27.4 Å². The van der Waals surface area contributed by atoms with Crippen LogP contribution in [0.25, 0.3) is 6.08 Å². The van der Waals surface area contributed by atoms with E-state index in [0.29, 0.717) is 38.3 Å². The van der Waals surface area contributed by atoms with Gasteiger partial charge in [0.05, 0.1) is 12.8 Å². The molecule has 0 atom stereocenters. The summed E-state index contributed by atoms with van der Waals surface area (Å²) in [5, 5.41) is 6.23. The summed E-state index contributed by atoms with van der Waals surface area (Å²) in [6.07, 6.45) is 2.63. The number of esters is 1. The molecule has 0 aromatic heterocycles. The van der Waals surface area contributed by atoms with Crippen LogP contribution in [0, 0.1) is 0 Å². The van der Waals surface area contributed by atoms with Crippen LogP contribution < -0.4 is 15.4 Å². The fraction of sp³-hybridized carbons (Fsp3) is 0.0800. The van der Waals surface area contributed by atoms with Crippen molar-refractivity contribution in [2.24, 2.45) is 0 Å². The average Bonchev–Trinajstić information content (AvgIpc) is 2.83. The Labute approximate surface area is 206 Å². The maximum atomic E-state index is 12.5. The predicted octanol–water partition coefficient (Wildman–Crippen LogP) is 5.45. The van der Waals surface area contributed by atoms with Crippen molar-refractivity contribution in [3.63, 3.8) is 0 Å². The smallest absolute Gasteiger partial charge is 0.331 e. The zero-order chi connectivity index (χ0) is 24.5. The minimum Gasteiger partial charge on any atom is -0.495 e. The Bertz CT molecular complexity index is 1230. The number of ether oxygens (including phenoxy) is 2. The lowest BCUT2D eigenvalue weighted by atomic mass is 10.2. The van der Waals surface area contributed by atoms with Crippen LogP contribution in [-0.2, 0) is 14.3 Å². The highest BCUT2D eigenvalue weighted by Gasteiger charge is 2.11. The predicted molar refractivity (Wildman–Crippen MR) is 132 cm³/mol. The lowest BCUT2D eigenvalue weighted by molar-refractivity contribution is -0.142. The van der Waals surface area contributed by atoms with Gasteiger partial charge in [0.2, 0.25) is 0 Å². The quantitative estimate of drug-likeness (QED) is 0.318. The number of anilines is 2. The molecule has 3 rings (SSSR count). The normalized spacial score (nSPS) is 10.6. The van der Waals surface area contributed by atoms with Crippen molar-refractivity contribution >= 4 is 58.4 Å². The summed E-state index contributed by atoms with van der Waals surface area (Å²) in [5.74, 6) is -1.02. The Morgan fingerprint density at radius 2 is 1.68 bits per heavy atom. The molecule has 34 heavy (non-hydrogen) atoms. The molecule has 2 amide bonds. The number of amides is 2. The Hall–Kier alpha value is -3.81. The van der Waals surface area contributed by atoms with Crippen molar-refractivity contribution in [2.45, 2.75) is 0 Å². The summed E-state index contributed by atoms with van der Waals surface area (Å²) in [5.41, 5.74) is 1.96. The summed E-state index contributed by atoms with van der Waals surface area (Å²) in [7, 11) is 1.52. The Balaban J connectivity index is 1.49. The van der Waals surface area contributed by atoms with Gasteiger partial charge in [0.1, 0.15) is 5.75 Å². The molecule has 0 bridgehead atoms. The van der Waals surface area contributed by atoms with Gasteiger partial charge in [-0.25, -0.2) is 4.79 Å². The van der Waals surface area contributed by atoms with Gasteiger partial charge in [-0.2, -0.15) is 0 Å². The average molecular weight is 499 g/mol. The van der Waals surface area contributed by atoms with E-state index in [0.717, 1.165) is 6.08 Å². The Kier molecular flexibility index (Phi) is 8.67. The first-order valence-electron chi connectivity index (χ1n) is 10.00. The van der Waals surface area contributed by atoms with E-state index < -0.39 is 18.5 Å². The monoisotopic (exact) mass is 498 g/mol. The van der Waals surface area contributed by atoms with Crippen molar-refractivity contribution in [1.82, 2.24) is 0 Å². The number of carbonyl (C=O) groups excluding carboxylic acids is 3. The van der Waals surface area contributed by atoms with Crippen molar-refractivity contribution in [3.8, 4) is 5.75 Å². The number of para-hydroxylation sites is 2. The van der Waals surface area contributed by atoms with E-state index >= 15 is 0 Å². The summed E-state index contributed by atoms with van der Waals surface area (Å²) in [4.78, 5) is 36.4. The van der Waals surface area contributed by atoms with E-state index in [2.05, 4.69) is 10.6 Å². The van der Waals surface area contributed by atoms with Gasteiger partial charge >= 0.3 is 5.97 Å². The number of hydrogen-bond acceptors (Lipinski definition) is 5. The fourth-order valence-electron chi connectivity index (χ4n) is 2.82. The lowest BCUT2D eigenvalue weighted by Crippen LogP contribution is -2.20. The number of carbonyl (C=O) groups is 3. The molecular weight excluding hydrogens is 479 g/mol. The highest BCUT2D eigenvalue weighted by Crippen LogP contribution is 2.24. The topological polar surface area (TPSA) is 93.7 Å².